The van der Waals surface area contributed by atoms with Crippen LogP contribution in [0.3, 0.4) is 0 Å². The van der Waals surface area contributed by atoms with E-state index in [-0.39, 0.29) is 0 Å². The summed E-state index contributed by atoms with van der Waals surface area (Å²) >= 11 is 2.13. The van der Waals surface area contributed by atoms with Gasteiger partial charge in [-0.15, -0.1) is 11.8 Å². The van der Waals surface area contributed by atoms with Crippen LogP contribution in [0.15, 0.2) is 57.6 Å². The molecule has 23 heavy (non-hydrogen) atoms. The van der Waals surface area contributed by atoms with E-state index < -0.39 is 0 Å². The Morgan fingerprint density at radius 3 is 2.70 bits per heavy atom. The van der Waals surface area contributed by atoms with Crippen molar-refractivity contribution in [1.29, 1.82) is 0 Å². The second kappa shape index (κ2) is 4.72. The van der Waals surface area contributed by atoms with Crippen LogP contribution in [0.1, 0.15) is 19.3 Å². The monoisotopic (exact) mass is 322 g/mol. The van der Waals surface area contributed by atoms with Crippen molar-refractivity contribution in [2.45, 2.75) is 41.5 Å². The summed E-state index contributed by atoms with van der Waals surface area (Å²) < 4.78 is 0. The van der Waals surface area contributed by atoms with Crippen molar-refractivity contribution in [2.75, 3.05) is 0 Å². The van der Waals surface area contributed by atoms with Crippen molar-refractivity contribution < 1.29 is 0 Å². The molecular formula is C20H22N2S. The molecule has 3 fully saturated rings. The molecule has 0 unspecified atom stereocenters. The predicted molar refractivity (Wildman–Crippen MR) is 92.5 cm³/mol. The van der Waals surface area contributed by atoms with E-state index >= 15 is 0 Å². The summed E-state index contributed by atoms with van der Waals surface area (Å²) in [5.41, 5.74) is 0. The molecular weight excluding hydrogens is 300 g/mol. The van der Waals surface area contributed by atoms with Gasteiger partial charge in [0.15, 0.2) is 0 Å². The highest BCUT2D eigenvalue weighted by Gasteiger charge is 2.65. The molecule has 2 aliphatic heterocycles. The van der Waals surface area contributed by atoms with Gasteiger partial charge >= 0.3 is 0 Å². The van der Waals surface area contributed by atoms with Gasteiger partial charge in [-0.1, -0.05) is 30.4 Å². The molecule has 0 spiro atoms. The van der Waals surface area contributed by atoms with E-state index in [9.17, 15) is 0 Å². The molecule has 4 aliphatic carbocycles. The maximum absolute atomic E-state index is 4.82. The van der Waals surface area contributed by atoms with Gasteiger partial charge in [-0.25, -0.2) is 0 Å². The van der Waals surface area contributed by atoms with Crippen LogP contribution in [0.25, 0.3) is 0 Å². The third-order valence-electron chi connectivity index (χ3n) is 7.32. The van der Waals surface area contributed by atoms with Gasteiger partial charge in [0, 0.05) is 16.1 Å². The number of azo groups is 1. The normalized spacial score (nSPS) is 51.2. The molecule has 7 rings (SSSR count). The minimum Gasteiger partial charge on any atom is -0.190 e. The third-order valence-corrected chi connectivity index (χ3v) is 8.71. The quantitative estimate of drug-likeness (QED) is 0.716. The Bertz CT molecular complexity index is 684. The first-order valence-corrected chi connectivity index (χ1v) is 10.1. The van der Waals surface area contributed by atoms with E-state index in [1.54, 1.807) is 0 Å². The molecule has 2 heterocycles. The molecule has 3 heteroatoms. The van der Waals surface area contributed by atoms with Gasteiger partial charge in [-0.2, -0.15) is 10.2 Å². The Hall–Kier alpha value is -1.09. The fraction of sp³-hybridized carbons (Fsp3) is 0.600. The summed E-state index contributed by atoms with van der Waals surface area (Å²) in [6.07, 6.45) is 8.98. The standard InChI is InChI=1S/C20H22N2S/c1-2-5-12(6-3-1)23-16-10-11-9-15(16)18-17(11)19-13-7-4-8-14(13)20(18)22-21-19/h1-7,11,13-20H,8-10H2/t11-,13-,14+,15-,16+,17-,18-,19-,20-/m1/s1. The molecule has 4 bridgehead atoms. The minimum absolute atomic E-state index is 0.520. The summed E-state index contributed by atoms with van der Waals surface area (Å²) in [4.78, 5) is 1.45. The molecule has 1 aromatic carbocycles. The average Bonchev–Trinajstić information content (AvgIpc) is 3.31. The molecule has 0 saturated heterocycles. The molecule has 0 radical (unpaired) electrons. The Morgan fingerprint density at radius 2 is 1.78 bits per heavy atom. The lowest BCUT2D eigenvalue weighted by Gasteiger charge is -2.52. The van der Waals surface area contributed by atoms with Crippen molar-refractivity contribution in [2.24, 2.45) is 45.7 Å². The summed E-state index contributed by atoms with van der Waals surface area (Å²) in [5.74, 6) is 4.97. The van der Waals surface area contributed by atoms with E-state index in [1.165, 1.54) is 24.2 Å². The van der Waals surface area contributed by atoms with Crippen LogP contribution < -0.4 is 0 Å². The summed E-state index contributed by atoms with van der Waals surface area (Å²) in [6, 6.07) is 12.1. The maximum Gasteiger partial charge on any atom is 0.0808 e. The van der Waals surface area contributed by atoms with Crippen molar-refractivity contribution in [1.82, 2.24) is 0 Å². The highest BCUT2D eigenvalue weighted by atomic mass is 32.2. The lowest BCUT2D eigenvalue weighted by molar-refractivity contribution is 0.0202. The minimum atomic E-state index is 0.520. The summed E-state index contributed by atoms with van der Waals surface area (Å²) in [6.45, 7) is 0. The number of hydrogen-bond acceptors (Lipinski definition) is 3. The zero-order valence-corrected chi connectivity index (χ0v) is 14.0. The number of thioether (sulfide) groups is 1. The van der Waals surface area contributed by atoms with Crippen molar-refractivity contribution in [3.05, 3.63) is 42.5 Å². The zero-order chi connectivity index (χ0) is 15.0. The van der Waals surface area contributed by atoms with Gasteiger partial charge < -0.3 is 0 Å². The fourth-order valence-corrected chi connectivity index (χ4v) is 8.10. The molecule has 3 saturated carbocycles. The molecule has 0 amide bonds. The van der Waals surface area contributed by atoms with Crippen LogP contribution in [0, 0.1) is 35.5 Å². The number of hydrogen-bond donors (Lipinski definition) is 0. The number of nitrogens with zero attached hydrogens (tertiary/aromatic N) is 2. The van der Waals surface area contributed by atoms with Crippen LogP contribution in [0.4, 0.5) is 0 Å². The number of allylic oxidation sites excluding steroid dienone is 1. The molecule has 0 aromatic heterocycles. The average molecular weight is 322 g/mol. The Morgan fingerprint density at radius 1 is 0.913 bits per heavy atom. The number of rotatable bonds is 2. The van der Waals surface area contributed by atoms with E-state index in [0.29, 0.717) is 12.1 Å². The van der Waals surface area contributed by atoms with Crippen molar-refractivity contribution in [3.8, 4) is 0 Å². The molecule has 2 nitrogen and oxygen atoms in total. The van der Waals surface area contributed by atoms with E-state index in [1.807, 2.05) is 0 Å². The van der Waals surface area contributed by atoms with E-state index in [0.717, 1.165) is 40.8 Å². The van der Waals surface area contributed by atoms with Crippen LogP contribution in [0.5, 0.6) is 0 Å². The van der Waals surface area contributed by atoms with Gasteiger partial charge in [0.25, 0.3) is 0 Å². The zero-order valence-electron chi connectivity index (χ0n) is 13.2. The van der Waals surface area contributed by atoms with Gasteiger partial charge in [0.1, 0.15) is 0 Å². The number of benzene rings is 1. The van der Waals surface area contributed by atoms with Gasteiger partial charge in [-0.05, 0) is 61.0 Å². The van der Waals surface area contributed by atoms with Crippen LogP contribution in [-0.2, 0) is 0 Å². The van der Waals surface area contributed by atoms with Crippen LogP contribution >= 0.6 is 11.8 Å². The maximum atomic E-state index is 4.82. The first-order valence-electron chi connectivity index (χ1n) is 9.18. The van der Waals surface area contributed by atoms with Gasteiger partial charge in [-0.3, -0.25) is 0 Å². The Kier molecular flexibility index (Phi) is 2.71. The lowest BCUT2D eigenvalue weighted by atomic mass is 9.58. The van der Waals surface area contributed by atoms with Crippen molar-refractivity contribution in [3.63, 3.8) is 0 Å². The van der Waals surface area contributed by atoms with Gasteiger partial charge in [0.2, 0.25) is 0 Å². The number of fused-ring (bicyclic) bond motifs is 2. The third kappa shape index (κ3) is 1.72. The fourth-order valence-electron chi connectivity index (χ4n) is 6.63. The molecule has 118 valence electrons. The second-order valence-corrected chi connectivity index (χ2v) is 9.45. The molecule has 0 N–H and O–H groups in total. The molecule has 6 aliphatic rings. The van der Waals surface area contributed by atoms with E-state index in [2.05, 4.69) is 54.2 Å². The first-order chi connectivity index (χ1) is 11.4. The first kappa shape index (κ1) is 13.2. The van der Waals surface area contributed by atoms with Gasteiger partial charge in [0.05, 0.1) is 12.1 Å². The van der Waals surface area contributed by atoms with E-state index in [4.69, 9.17) is 10.2 Å². The van der Waals surface area contributed by atoms with Crippen LogP contribution in [-0.4, -0.2) is 17.3 Å². The summed E-state index contributed by atoms with van der Waals surface area (Å²) in [5, 5.41) is 10.4. The lowest BCUT2D eigenvalue weighted by Crippen LogP contribution is -2.55. The highest BCUT2D eigenvalue weighted by Crippen LogP contribution is 2.66. The Balaban J connectivity index is 1.31. The highest BCUT2D eigenvalue weighted by molar-refractivity contribution is 8.00. The second-order valence-electron chi connectivity index (χ2n) is 8.14. The van der Waals surface area contributed by atoms with Crippen LogP contribution in [0.2, 0.25) is 0 Å². The Labute approximate surface area is 141 Å². The smallest absolute Gasteiger partial charge is 0.0808 e. The largest absolute Gasteiger partial charge is 0.190 e. The SMILES string of the molecule is C1=C[C@@H]2[C@H](C1)[C@H]1N=N[C@H]2[C@@H]2[C@@H]3C[C@@H]([C@@H]12)[C@@H](Sc1ccccc1)C3. The topological polar surface area (TPSA) is 24.7 Å². The molecule has 9 atom stereocenters. The van der Waals surface area contributed by atoms with Crippen molar-refractivity contribution >= 4 is 11.8 Å². The summed E-state index contributed by atoms with van der Waals surface area (Å²) in [7, 11) is 0. The molecule has 1 aromatic rings. The predicted octanol–water partition coefficient (Wildman–Crippen LogP) is 4.83.